The Hall–Kier alpha value is -3.46. The number of carbonyl (C=O) groups is 1. The second kappa shape index (κ2) is 6.81. The van der Waals surface area contributed by atoms with Gasteiger partial charge in [-0.15, -0.1) is 0 Å². The number of aromatic nitrogens is 2. The number of non-ortho nitro benzene ring substituents is 1. The molecule has 2 N–H and O–H groups in total. The number of fused-ring (bicyclic) bond motifs is 1. The highest BCUT2D eigenvalue weighted by Gasteiger charge is 2.17. The molecule has 0 unspecified atom stereocenters. The molecule has 26 heavy (non-hydrogen) atoms. The first-order valence-corrected chi connectivity index (χ1v) is 7.62. The fraction of sp³-hybridized carbons (Fsp3) is 0.0625. The lowest BCUT2D eigenvalue weighted by Crippen LogP contribution is -2.17. The first-order chi connectivity index (χ1) is 12.3. The number of rotatable bonds is 4. The molecule has 0 atom stereocenters. The van der Waals surface area contributed by atoms with Gasteiger partial charge in [0.25, 0.3) is 11.2 Å². The molecule has 9 nitrogen and oxygen atoms in total. The number of nitro groups is 1. The molecular weight excluding hydrogens is 364 g/mol. The predicted molar refractivity (Wildman–Crippen MR) is 93.1 cm³/mol. The summed E-state index contributed by atoms with van der Waals surface area (Å²) < 4.78 is 6.34. The average molecular weight is 375 g/mol. The standard InChI is InChI=1S/C16H11ClN4O5/c17-9-1-4-14-19-10(5-15(22)20(14)7-9)8-26-16(23)12-6-11(21(24)25)2-3-13(12)18/h1-7H,8,18H2. The maximum absolute atomic E-state index is 12.2. The fourth-order valence-electron chi connectivity index (χ4n) is 2.25. The first kappa shape index (κ1) is 17.4. The van der Waals surface area contributed by atoms with E-state index in [0.29, 0.717) is 10.7 Å². The topological polar surface area (TPSA) is 130 Å². The highest BCUT2D eigenvalue weighted by atomic mass is 35.5. The maximum Gasteiger partial charge on any atom is 0.340 e. The van der Waals surface area contributed by atoms with Gasteiger partial charge in [-0.05, 0) is 18.2 Å². The van der Waals surface area contributed by atoms with Crippen LogP contribution in [-0.2, 0) is 11.3 Å². The van der Waals surface area contributed by atoms with Crippen molar-refractivity contribution >= 4 is 34.6 Å². The number of esters is 1. The van der Waals surface area contributed by atoms with Crippen molar-refractivity contribution < 1.29 is 14.5 Å². The molecule has 0 aliphatic carbocycles. The molecule has 1 aromatic carbocycles. The second-order valence-corrected chi connectivity index (χ2v) is 5.70. The molecule has 0 saturated carbocycles. The van der Waals surface area contributed by atoms with Crippen molar-refractivity contribution in [1.82, 2.24) is 9.38 Å². The molecule has 10 heteroatoms. The Labute approximate surface area is 150 Å². The van der Waals surface area contributed by atoms with E-state index in [-0.39, 0.29) is 29.2 Å². The number of nitrogens with zero attached hydrogens (tertiary/aromatic N) is 3. The van der Waals surface area contributed by atoms with Gasteiger partial charge in [-0.3, -0.25) is 19.3 Å². The monoisotopic (exact) mass is 374 g/mol. The summed E-state index contributed by atoms with van der Waals surface area (Å²) in [7, 11) is 0. The van der Waals surface area contributed by atoms with Crippen LogP contribution in [-0.4, -0.2) is 20.3 Å². The number of ether oxygens (including phenoxy) is 1. The number of hydrogen-bond donors (Lipinski definition) is 1. The van der Waals surface area contributed by atoms with Crippen molar-refractivity contribution in [3.8, 4) is 0 Å². The Morgan fingerprint density at radius 3 is 2.81 bits per heavy atom. The zero-order chi connectivity index (χ0) is 18.8. The highest BCUT2D eigenvalue weighted by Crippen LogP contribution is 2.20. The van der Waals surface area contributed by atoms with E-state index in [1.54, 1.807) is 12.1 Å². The third-order valence-corrected chi connectivity index (χ3v) is 3.72. The van der Waals surface area contributed by atoms with Crippen LogP contribution in [0.15, 0.2) is 47.4 Å². The number of pyridine rings is 1. The van der Waals surface area contributed by atoms with Gasteiger partial charge >= 0.3 is 5.97 Å². The summed E-state index contributed by atoms with van der Waals surface area (Å²) in [5.74, 6) is -0.857. The van der Waals surface area contributed by atoms with Gasteiger partial charge in [0.2, 0.25) is 0 Å². The van der Waals surface area contributed by atoms with Gasteiger partial charge < -0.3 is 10.5 Å². The van der Waals surface area contributed by atoms with Gasteiger partial charge in [-0.25, -0.2) is 9.78 Å². The third kappa shape index (κ3) is 3.47. The molecule has 2 heterocycles. The smallest absolute Gasteiger partial charge is 0.340 e. The van der Waals surface area contributed by atoms with Gasteiger partial charge in [0, 0.05) is 30.1 Å². The normalized spacial score (nSPS) is 10.7. The van der Waals surface area contributed by atoms with Crippen LogP contribution in [0.5, 0.6) is 0 Å². The zero-order valence-corrected chi connectivity index (χ0v) is 13.8. The van der Waals surface area contributed by atoms with E-state index >= 15 is 0 Å². The quantitative estimate of drug-likeness (QED) is 0.320. The predicted octanol–water partition coefficient (Wildman–Crippen LogP) is 2.20. The Morgan fingerprint density at radius 1 is 1.31 bits per heavy atom. The molecule has 0 bridgehead atoms. The molecule has 0 aliphatic heterocycles. The number of nitrogen functional groups attached to an aromatic ring is 1. The van der Waals surface area contributed by atoms with E-state index in [4.69, 9.17) is 22.1 Å². The molecule has 2 aromatic heterocycles. The molecule has 3 aromatic rings. The number of halogens is 1. The number of nitro benzene ring substituents is 1. The van der Waals surface area contributed by atoms with Gasteiger partial charge in [-0.1, -0.05) is 11.6 Å². The van der Waals surface area contributed by atoms with Gasteiger partial charge in [0.15, 0.2) is 0 Å². The lowest BCUT2D eigenvalue weighted by molar-refractivity contribution is -0.384. The lowest BCUT2D eigenvalue weighted by Gasteiger charge is -2.08. The lowest BCUT2D eigenvalue weighted by atomic mass is 10.1. The number of nitrogens with two attached hydrogens (primary N) is 1. The van der Waals surface area contributed by atoms with Crippen molar-refractivity contribution in [3.63, 3.8) is 0 Å². The summed E-state index contributed by atoms with van der Waals surface area (Å²) in [6, 6.07) is 7.79. The summed E-state index contributed by atoms with van der Waals surface area (Å²) in [6.07, 6.45) is 1.42. The van der Waals surface area contributed by atoms with Crippen molar-refractivity contribution in [1.29, 1.82) is 0 Å². The van der Waals surface area contributed by atoms with Crippen LogP contribution in [0.2, 0.25) is 5.02 Å². The largest absolute Gasteiger partial charge is 0.456 e. The minimum Gasteiger partial charge on any atom is -0.456 e. The SMILES string of the molecule is Nc1ccc([N+](=O)[O-])cc1C(=O)OCc1cc(=O)n2cc(Cl)ccc2n1. The summed E-state index contributed by atoms with van der Waals surface area (Å²) in [6.45, 7) is -0.296. The molecule has 0 fully saturated rings. The molecule has 0 saturated heterocycles. The van der Waals surface area contributed by atoms with Crippen LogP contribution in [0.4, 0.5) is 11.4 Å². The van der Waals surface area contributed by atoms with E-state index in [1.807, 2.05) is 0 Å². The van der Waals surface area contributed by atoms with Crippen molar-refractivity contribution in [2.24, 2.45) is 0 Å². The van der Waals surface area contributed by atoms with Crippen LogP contribution in [0.3, 0.4) is 0 Å². The second-order valence-electron chi connectivity index (χ2n) is 5.27. The van der Waals surface area contributed by atoms with E-state index < -0.39 is 16.5 Å². The van der Waals surface area contributed by atoms with E-state index in [2.05, 4.69) is 4.98 Å². The van der Waals surface area contributed by atoms with Crippen LogP contribution in [0.25, 0.3) is 5.65 Å². The van der Waals surface area contributed by atoms with Gasteiger partial charge in [-0.2, -0.15) is 0 Å². The van der Waals surface area contributed by atoms with Crippen LogP contribution in [0, 0.1) is 10.1 Å². The van der Waals surface area contributed by atoms with E-state index in [1.165, 1.54) is 28.8 Å². The average Bonchev–Trinajstić information content (AvgIpc) is 2.60. The number of carbonyl (C=O) groups excluding carboxylic acids is 1. The molecule has 0 spiro atoms. The molecule has 132 valence electrons. The van der Waals surface area contributed by atoms with Crippen molar-refractivity contribution in [3.05, 3.63) is 79.3 Å². The van der Waals surface area contributed by atoms with Crippen molar-refractivity contribution in [2.75, 3.05) is 5.73 Å². The van der Waals surface area contributed by atoms with Crippen molar-refractivity contribution in [2.45, 2.75) is 6.61 Å². The molecular formula is C16H11ClN4O5. The minimum absolute atomic E-state index is 0.0433. The summed E-state index contributed by atoms with van der Waals surface area (Å²) in [4.78, 5) is 38.6. The van der Waals surface area contributed by atoms with Crippen LogP contribution < -0.4 is 11.3 Å². The Morgan fingerprint density at radius 2 is 2.08 bits per heavy atom. The van der Waals surface area contributed by atoms with Gasteiger partial charge in [0.1, 0.15) is 12.3 Å². The van der Waals surface area contributed by atoms with E-state index in [0.717, 1.165) is 6.07 Å². The molecule has 3 rings (SSSR count). The third-order valence-electron chi connectivity index (χ3n) is 3.50. The molecule has 0 radical (unpaired) electrons. The maximum atomic E-state index is 12.2. The highest BCUT2D eigenvalue weighted by molar-refractivity contribution is 6.30. The summed E-state index contributed by atoms with van der Waals surface area (Å²) in [5, 5.41) is 11.2. The summed E-state index contributed by atoms with van der Waals surface area (Å²) in [5.41, 5.74) is 5.45. The number of hydrogen-bond acceptors (Lipinski definition) is 7. The molecule has 0 amide bonds. The zero-order valence-electron chi connectivity index (χ0n) is 13.1. The minimum atomic E-state index is -0.857. The Kier molecular flexibility index (Phi) is 4.55. The van der Waals surface area contributed by atoms with Crippen LogP contribution >= 0.6 is 11.6 Å². The Bertz CT molecular complexity index is 1100. The first-order valence-electron chi connectivity index (χ1n) is 7.24. The van der Waals surface area contributed by atoms with E-state index in [9.17, 15) is 19.7 Å². The Balaban J connectivity index is 1.83. The molecule has 0 aliphatic rings. The van der Waals surface area contributed by atoms with Crippen LogP contribution in [0.1, 0.15) is 16.1 Å². The number of anilines is 1. The number of benzene rings is 1. The fourth-order valence-corrected chi connectivity index (χ4v) is 2.41. The van der Waals surface area contributed by atoms with Gasteiger partial charge in [0.05, 0.1) is 21.2 Å². The summed E-state index contributed by atoms with van der Waals surface area (Å²) >= 11 is 5.83.